The highest BCUT2D eigenvalue weighted by Gasteiger charge is 2.12. The Morgan fingerprint density at radius 3 is 2.75 bits per heavy atom. The van der Waals surface area contributed by atoms with Crippen molar-refractivity contribution in [1.82, 2.24) is 15.3 Å². The SMILES string of the molecule is CCN(Cc1ccccc1)Cc1csc(C(=O)NN)n1. The molecule has 0 saturated carbocycles. The Morgan fingerprint density at radius 1 is 1.35 bits per heavy atom. The summed E-state index contributed by atoms with van der Waals surface area (Å²) in [6.07, 6.45) is 0. The van der Waals surface area contributed by atoms with E-state index in [1.165, 1.54) is 16.9 Å². The number of hydrogen-bond donors (Lipinski definition) is 2. The molecule has 0 aliphatic heterocycles. The van der Waals surface area contributed by atoms with Crippen LogP contribution in [0, 0.1) is 0 Å². The number of nitrogens with two attached hydrogens (primary N) is 1. The number of carbonyl (C=O) groups is 1. The van der Waals surface area contributed by atoms with Crippen molar-refractivity contribution < 1.29 is 4.79 Å². The number of aromatic nitrogens is 1. The molecule has 3 N–H and O–H groups in total. The molecular weight excluding hydrogens is 272 g/mol. The van der Waals surface area contributed by atoms with Crippen LogP contribution in [0.15, 0.2) is 35.7 Å². The normalized spacial score (nSPS) is 10.8. The van der Waals surface area contributed by atoms with Gasteiger partial charge in [0.1, 0.15) is 0 Å². The molecule has 0 aliphatic rings. The second kappa shape index (κ2) is 7.14. The summed E-state index contributed by atoms with van der Waals surface area (Å²) in [6.45, 7) is 4.63. The van der Waals surface area contributed by atoms with Crippen LogP contribution in [0.5, 0.6) is 0 Å². The van der Waals surface area contributed by atoms with Crippen molar-refractivity contribution in [1.29, 1.82) is 0 Å². The summed E-state index contributed by atoms with van der Waals surface area (Å²) in [7, 11) is 0. The molecule has 1 heterocycles. The highest BCUT2D eigenvalue weighted by molar-refractivity contribution is 7.11. The van der Waals surface area contributed by atoms with Crippen LogP contribution in [0.3, 0.4) is 0 Å². The van der Waals surface area contributed by atoms with Gasteiger partial charge < -0.3 is 0 Å². The van der Waals surface area contributed by atoms with Crippen LogP contribution in [0.25, 0.3) is 0 Å². The van der Waals surface area contributed by atoms with E-state index in [0.717, 1.165) is 25.3 Å². The Bertz CT molecular complexity index is 555. The summed E-state index contributed by atoms with van der Waals surface area (Å²) < 4.78 is 0. The third-order valence-corrected chi connectivity index (χ3v) is 3.85. The van der Waals surface area contributed by atoms with Crippen molar-refractivity contribution in [2.75, 3.05) is 6.54 Å². The highest BCUT2D eigenvalue weighted by Crippen LogP contribution is 2.13. The van der Waals surface area contributed by atoms with Gasteiger partial charge in [-0.15, -0.1) is 11.3 Å². The second-order valence-electron chi connectivity index (χ2n) is 4.41. The number of nitrogens with zero attached hydrogens (tertiary/aromatic N) is 2. The van der Waals surface area contributed by atoms with Crippen molar-refractivity contribution in [3.05, 3.63) is 52.0 Å². The standard InChI is InChI=1S/C14H18N4OS/c1-2-18(8-11-6-4-3-5-7-11)9-12-10-20-14(16-12)13(19)17-15/h3-7,10H,2,8-9,15H2,1H3,(H,17,19). The van der Waals surface area contributed by atoms with Crippen molar-refractivity contribution in [2.24, 2.45) is 5.84 Å². The van der Waals surface area contributed by atoms with Crippen molar-refractivity contribution in [3.8, 4) is 0 Å². The lowest BCUT2D eigenvalue weighted by Gasteiger charge is -2.19. The average molecular weight is 290 g/mol. The monoisotopic (exact) mass is 290 g/mol. The number of thiazole rings is 1. The van der Waals surface area contributed by atoms with Crippen LogP contribution >= 0.6 is 11.3 Å². The number of nitrogens with one attached hydrogen (secondary N) is 1. The highest BCUT2D eigenvalue weighted by atomic mass is 32.1. The number of nitrogen functional groups attached to an aromatic ring is 1. The van der Waals surface area contributed by atoms with E-state index >= 15 is 0 Å². The Labute approximate surface area is 122 Å². The molecule has 2 rings (SSSR count). The number of rotatable bonds is 6. The first-order valence-electron chi connectivity index (χ1n) is 6.44. The summed E-state index contributed by atoms with van der Waals surface area (Å²) >= 11 is 1.31. The molecule has 0 radical (unpaired) electrons. The number of carbonyl (C=O) groups excluding carboxylic acids is 1. The molecule has 0 aliphatic carbocycles. The number of hydrazine groups is 1. The van der Waals surface area contributed by atoms with E-state index in [1.807, 2.05) is 23.6 Å². The molecule has 0 bridgehead atoms. The maximum Gasteiger partial charge on any atom is 0.294 e. The first kappa shape index (κ1) is 14.6. The molecule has 0 atom stereocenters. The maximum atomic E-state index is 11.4. The molecule has 20 heavy (non-hydrogen) atoms. The van der Waals surface area contributed by atoms with E-state index in [1.54, 1.807) is 0 Å². The molecule has 1 aromatic carbocycles. The Morgan fingerprint density at radius 2 is 2.10 bits per heavy atom. The lowest BCUT2D eigenvalue weighted by molar-refractivity contribution is 0.0953. The van der Waals surface area contributed by atoms with Crippen LogP contribution in [0.2, 0.25) is 0 Å². The van der Waals surface area contributed by atoms with Crippen LogP contribution < -0.4 is 11.3 Å². The van der Waals surface area contributed by atoms with Crippen LogP contribution in [0.1, 0.15) is 28.0 Å². The van der Waals surface area contributed by atoms with E-state index in [4.69, 9.17) is 5.84 Å². The van der Waals surface area contributed by atoms with Gasteiger partial charge in [0.2, 0.25) is 0 Å². The molecular formula is C14H18N4OS. The van der Waals surface area contributed by atoms with Gasteiger partial charge in [-0.25, -0.2) is 10.8 Å². The minimum atomic E-state index is -0.340. The first-order chi connectivity index (χ1) is 9.72. The molecule has 5 nitrogen and oxygen atoms in total. The molecule has 0 unspecified atom stereocenters. The fraction of sp³-hybridized carbons (Fsp3) is 0.286. The van der Waals surface area contributed by atoms with E-state index in [2.05, 4.69) is 34.4 Å². The van der Waals surface area contributed by atoms with E-state index in [0.29, 0.717) is 5.01 Å². The van der Waals surface area contributed by atoms with Crippen molar-refractivity contribution in [2.45, 2.75) is 20.0 Å². The molecule has 1 amide bonds. The molecule has 0 fully saturated rings. The summed E-state index contributed by atoms with van der Waals surface area (Å²) in [5.74, 6) is 4.76. The van der Waals surface area contributed by atoms with E-state index < -0.39 is 0 Å². The molecule has 106 valence electrons. The Hall–Kier alpha value is -1.76. The van der Waals surface area contributed by atoms with Gasteiger partial charge in [-0.1, -0.05) is 37.3 Å². The maximum absolute atomic E-state index is 11.4. The predicted octanol–water partition coefficient (Wildman–Crippen LogP) is 1.77. The summed E-state index contributed by atoms with van der Waals surface area (Å²) in [5, 5.41) is 2.30. The van der Waals surface area contributed by atoms with Crippen molar-refractivity contribution >= 4 is 17.2 Å². The van der Waals surface area contributed by atoms with Crippen LogP contribution in [-0.4, -0.2) is 22.3 Å². The summed E-state index contributed by atoms with van der Waals surface area (Å²) in [5.41, 5.74) is 4.26. The zero-order chi connectivity index (χ0) is 14.4. The van der Waals surface area contributed by atoms with Gasteiger partial charge >= 0.3 is 0 Å². The van der Waals surface area contributed by atoms with Gasteiger partial charge in [-0.3, -0.25) is 15.1 Å². The van der Waals surface area contributed by atoms with Gasteiger partial charge in [0, 0.05) is 18.5 Å². The van der Waals surface area contributed by atoms with E-state index in [-0.39, 0.29) is 5.91 Å². The molecule has 2 aromatic rings. The fourth-order valence-corrected chi connectivity index (χ4v) is 2.61. The minimum Gasteiger partial charge on any atom is -0.294 e. The van der Waals surface area contributed by atoms with Crippen LogP contribution in [0.4, 0.5) is 0 Å². The summed E-state index contributed by atoms with van der Waals surface area (Å²) in [4.78, 5) is 17.9. The smallest absolute Gasteiger partial charge is 0.294 e. The number of benzene rings is 1. The largest absolute Gasteiger partial charge is 0.294 e. The van der Waals surface area contributed by atoms with Gasteiger partial charge in [0.05, 0.1) is 5.69 Å². The Kier molecular flexibility index (Phi) is 5.23. The average Bonchev–Trinajstić information content (AvgIpc) is 2.95. The van der Waals surface area contributed by atoms with Gasteiger partial charge in [-0.2, -0.15) is 0 Å². The fourth-order valence-electron chi connectivity index (χ4n) is 1.90. The summed E-state index contributed by atoms with van der Waals surface area (Å²) in [6, 6.07) is 10.3. The molecule has 0 saturated heterocycles. The zero-order valence-corrected chi connectivity index (χ0v) is 12.2. The van der Waals surface area contributed by atoms with Crippen molar-refractivity contribution in [3.63, 3.8) is 0 Å². The number of hydrogen-bond acceptors (Lipinski definition) is 5. The van der Waals surface area contributed by atoms with Crippen LogP contribution in [-0.2, 0) is 13.1 Å². The van der Waals surface area contributed by atoms with Gasteiger partial charge in [-0.05, 0) is 12.1 Å². The third-order valence-electron chi connectivity index (χ3n) is 2.96. The molecule has 1 aromatic heterocycles. The molecule has 6 heteroatoms. The van der Waals surface area contributed by atoms with Gasteiger partial charge in [0.25, 0.3) is 5.91 Å². The second-order valence-corrected chi connectivity index (χ2v) is 5.26. The predicted molar refractivity (Wildman–Crippen MR) is 80.0 cm³/mol. The minimum absolute atomic E-state index is 0.340. The topological polar surface area (TPSA) is 71.2 Å². The lowest BCUT2D eigenvalue weighted by Crippen LogP contribution is -2.30. The molecule has 0 spiro atoms. The third kappa shape index (κ3) is 3.86. The zero-order valence-electron chi connectivity index (χ0n) is 11.4. The van der Waals surface area contributed by atoms with Gasteiger partial charge in [0.15, 0.2) is 5.01 Å². The first-order valence-corrected chi connectivity index (χ1v) is 7.32. The Balaban J connectivity index is 1.99. The quantitative estimate of drug-likeness (QED) is 0.483. The lowest BCUT2D eigenvalue weighted by atomic mass is 10.2. The number of amides is 1. The van der Waals surface area contributed by atoms with E-state index in [9.17, 15) is 4.79 Å².